The van der Waals surface area contributed by atoms with Gasteiger partial charge in [0.25, 0.3) is 0 Å². The molecular formula is C52H33N3. The van der Waals surface area contributed by atoms with Gasteiger partial charge < -0.3 is 0 Å². The summed E-state index contributed by atoms with van der Waals surface area (Å²) >= 11 is 0. The van der Waals surface area contributed by atoms with E-state index in [1.165, 1.54) is 49.5 Å². The van der Waals surface area contributed by atoms with Crippen LogP contribution in [0.5, 0.6) is 0 Å². The molecule has 3 heteroatoms. The van der Waals surface area contributed by atoms with Crippen molar-refractivity contribution in [3.05, 3.63) is 222 Å². The lowest BCUT2D eigenvalue weighted by Gasteiger charge is -2.34. The monoisotopic (exact) mass is 699 g/mol. The maximum atomic E-state index is 5.27. The normalized spacial score (nSPS) is 12.9. The Hall–Kier alpha value is -7.23. The number of fused-ring (bicyclic) bond motifs is 7. The Balaban J connectivity index is 1.13. The first-order chi connectivity index (χ1) is 27.3. The molecule has 0 bridgehead atoms. The fraction of sp³-hybridized carbons (Fsp3) is 0.0192. The SMILES string of the molecule is c1ccc(C2(c3ccc(-c4nc(-c5ccc6ccccc6c5)nc(-c5cc6ccccc6c6ccccc56)n4)cc3)c3ccccc3-c3ccccc32)cc1. The number of aromatic nitrogens is 3. The zero-order chi connectivity index (χ0) is 36.3. The van der Waals surface area contributed by atoms with Crippen LogP contribution >= 0.6 is 0 Å². The van der Waals surface area contributed by atoms with Crippen molar-refractivity contribution in [2.45, 2.75) is 5.41 Å². The van der Waals surface area contributed by atoms with Crippen LogP contribution in [0.4, 0.5) is 0 Å². The van der Waals surface area contributed by atoms with E-state index in [2.05, 4.69) is 200 Å². The van der Waals surface area contributed by atoms with Crippen LogP contribution < -0.4 is 0 Å². The molecule has 10 aromatic rings. The predicted molar refractivity (Wildman–Crippen MR) is 226 cm³/mol. The van der Waals surface area contributed by atoms with Gasteiger partial charge in [-0.2, -0.15) is 0 Å². The minimum atomic E-state index is -0.475. The van der Waals surface area contributed by atoms with Gasteiger partial charge in [0.2, 0.25) is 0 Å². The van der Waals surface area contributed by atoms with Gasteiger partial charge in [0.05, 0.1) is 5.41 Å². The molecule has 0 saturated heterocycles. The molecule has 256 valence electrons. The molecule has 0 fully saturated rings. The topological polar surface area (TPSA) is 38.7 Å². The number of nitrogens with zero attached hydrogens (tertiary/aromatic N) is 3. The minimum Gasteiger partial charge on any atom is -0.208 e. The lowest BCUT2D eigenvalue weighted by atomic mass is 9.67. The van der Waals surface area contributed by atoms with Crippen molar-refractivity contribution in [3.8, 4) is 45.3 Å². The van der Waals surface area contributed by atoms with Gasteiger partial charge in [-0.15, -0.1) is 0 Å². The van der Waals surface area contributed by atoms with Crippen LogP contribution in [0, 0.1) is 0 Å². The summed E-state index contributed by atoms with van der Waals surface area (Å²) in [7, 11) is 0. The van der Waals surface area contributed by atoms with Gasteiger partial charge in [-0.05, 0) is 77.8 Å². The quantitative estimate of drug-likeness (QED) is 0.168. The van der Waals surface area contributed by atoms with Crippen molar-refractivity contribution in [1.29, 1.82) is 0 Å². The molecule has 11 rings (SSSR count). The average molecular weight is 700 g/mol. The smallest absolute Gasteiger partial charge is 0.164 e. The van der Waals surface area contributed by atoms with Gasteiger partial charge in [-0.3, -0.25) is 0 Å². The second kappa shape index (κ2) is 12.4. The van der Waals surface area contributed by atoms with Crippen LogP contribution in [-0.4, -0.2) is 15.0 Å². The highest BCUT2D eigenvalue weighted by atomic mass is 15.0. The predicted octanol–water partition coefficient (Wildman–Crippen LogP) is 12.7. The van der Waals surface area contributed by atoms with Gasteiger partial charge in [-0.1, -0.05) is 188 Å². The fourth-order valence-electron chi connectivity index (χ4n) is 8.90. The van der Waals surface area contributed by atoms with Crippen molar-refractivity contribution in [2.24, 2.45) is 0 Å². The summed E-state index contributed by atoms with van der Waals surface area (Å²) in [6.07, 6.45) is 0. The summed E-state index contributed by atoms with van der Waals surface area (Å²) in [5.41, 5.74) is 9.96. The molecule has 1 heterocycles. The van der Waals surface area contributed by atoms with Crippen LogP contribution in [0.15, 0.2) is 200 Å². The largest absolute Gasteiger partial charge is 0.208 e. The van der Waals surface area contributed by atoms with E-state index in [0.717, 1.165) is 32.8 Å². The highest BCUT2D eigenvalue weighted by Crippen LogP contribution is 2.56. The molecule has 1 aromatic heterocycles. The minimum absolute atomic E-state index is 0.475. The summed E-state index contributed by atoms with van der Waals surface area (Å²) < 4.78 is 0. The Morgan fingerprint density at radius 3 is 1.53 bits per heavy atom. The third kappa shape index (κ3) is 4.87. The summed E-state index contributed by atoms with van der Waals surface area (Å²) in [5.74, 6) is 1.93. The van der Waals surface area contributed by atoms with E-state index in [0.29, 0.717) is 17.5 Å². The third-order valence-corrected chi connectivity index (χ3v) is 11.4. The summed E-state index contributed by atoms with van der Waals surface area (Å²) in [4.78, 5) is 15.7. The van der Waals surface area contributed by atoms with Crippen molar-refractivity contribution in [1.82, 2.24) is 15.0 Å². The maximum Gasteiger partial charge on any atom is 0.164 e. The highest BCUT2D eigenvalue weighted by Gasteiger charge is 2.45. The van der Waals surface area contributed by atoms with Crippen LogP contribution in [0.25, 0.3) is 77.6 Å². The third-order valence-electron chi connectivity index (χ3n) is 11.4. The van der Waals surface area contributed by atoms with Crippen LogP contribution in [0.2, 0.25) is 0 Å². The highest BCUT2D eigenvalue weighted by molar-refractivity contribution is 6.13. The van der Waals surface area contributed by atoms with Gasteiger partial charge in [-0.25, -0.2) is 15.0 Å². The van der Waals surface area contributed by atoms with E-state index < -0.39 is 5.41 Å². The zero-order valence-corrected chi connectivity index (χ0v) is 29.9. The molecular weight excluding hydrogens is 667 g/mol. The van der Waals surface area contributed by atoms with Crippen LogP contribution in [0.3, 0.4) is 0 Å². The number of hydrogen-bond acceptors (Lipinski definition) is 3. The molecule has 9 aromatic carbocycles. The molecule has 0 amide bonds. The molecule has 0 spiro atoms. The van der Waals surface area contributed by atoms with Crippen LogP contribution in [-0.2, 0) is 5.41 Å². The number of hydrogen-bond donors (Lipinski definition) is 0. The van der Waals surface area contributed by atoms with Crippen molar-refractivity contribution in [3.63, 3.8) is 0 Å². The van der Waals surface area contributed by atoms with Crippen LogP contribution in [0.1, 0.15) is 22.3 Å². The van der Waals surface area contributed by atoms with E-state index in [1.807, 2.05) is 0 Å². The van der Waals surface area contributed by atoms with E-state index in [4.69, 9.17) is 15.0 Å². The molecule has 0 atom stereocenters. The molecule has 0 saturated carbocycles. The first-order valence-electron chi connectivity index (χ1n) is 18.8. The van der Waals surface area contributed by atoms with E-state index in [1.54, 1.807) is 0 Å². The number of rotatable bonds is 5. The Kier molecular flexibility index (Phi) is 7.08. The Morgan fingerprint density at radius 1 is 0.291 bits per heavy atom. The standard InChI is InChI=1S/C52H33N3/c1-2-17-39(18-3-1)52(47-24-12-10-22-44(47)45-23-11-13-25-48(45)52)40-30-28-35(29-31-40)49-53-50(38-27-26-34-14-4-5-15-36(34)32-38)55-51(54-49)46-33-37-16-6-7-19-41(37)42-20-8-9-21-43(42)46/h1-33H. The molecule has 0 unspecified atom stereocenters. The van der Waals surface area contributed by atoms with Gasteiger partial charge in [0, 0.05) is 16.7 Å². The lowest BCUT2D eigenvalue weighted by molar-refractivity contribution is 0.768. The van der Waals surface area contributed by atoms with Gasteiger partial charge >= 0.3 is 0 Å². The summed E-state index contributed by atoms with van der Waals surface area (Å²) in [6, 6.07) is 71.7. The Morgan fingerprint density at radius 2 is 0.800 bits per heavy atom. The average Bonchev–Trinajstić information content (AvgIpc) is 3.57. The number of benzene rings is 9. The first-order valence-corrected chi connectivity index (χ1v) is 18.8. The first kappa shape index (κ1) is 31.3. The molecule has 1 aliphatic carbocycles. The van der Waals surface area contributed by atoms with E-state index in [9.17, 15) is 0 Å². The van der Waals surface area contributed by atoms with Crippen molar-refractivity contribution >= 4 is 32.3 Å². The Bertz CT molecular complexity index is 3050. The summed E-state index contributed by atoms with van der Waals surface area (Å²) in [6.45, 7) is 0. The van der Waals surface area contributed by atoms with E-state index >= 15 is 0 Å². The molecule has 3 nitrogen and oxygen atoms in total. The maximum absolute atomic E-state index is 5.27. The molecule has 1 aliphatic rings. The van der Waals surface area contributed by atoms with Gasteiger partial charge in [0.1, 0.15) is 0 Å². The Labute approximate surface area is 319 Å². The second-order valence-corrected chi connectivity index (χ2v) is 14.3. The van der Waals surface area contributed by atoms with Crippen molar-refractivity contribution in [2.75, 3.05) is 0 Å². The fourth-order valence-corrected chi connectivity index (χ4v) is 8.90. The molecule has 0 N–H and O–H groups in total. The summed E-state index contributed by atoms with van der Waals surface area (Å²) in [5, 5.41) is 6.98. The molecule has 55 heavy (non-hydrogen) atoms. The second-order valence-electron chi connectivity index (χ2n) is 14.3. The molecule has 0 aliphatic heterocycles. The van der Waals surface area contributed by atoms with E-state index in [-0.39, 0.29) is 0 Å². The van der Waals surface area contributed by atoms with Gasteiger partial charge in [0.15, 0.2) is 17.5 Å². The molecule has 0 radical (unpaired) electrons. The zero-order valence-electron chi connectivity index (χ0n) is 29.9. The van der Waals surface area contributed by atoms with Crippen molar-refractivity contribution < 1.29 is 0 Å². The lowest BCUT2D eigenvalue weighted by Crippen LogP contribution is -2.28.